The summed E-state index contributed by atoms with van der Waals surface area (Å²) in [4.78, 5) is 19.1. The minimum Gasteiger partial charge on any atom is -0.386 e. The van der Waals surface area contributed by atoms with Crippen molar-refractivity contribution in [2.45, 2.75) is 6.54 Å². The monoisotopic (exact) mass is 387 g/mol. The fourth-order valence-corrected chi connectivity index (χ4v) is 2.90. The highest BCUT2D eigenvalue weighted by Gasteiger charge is 2.10. The molecule has 142 valence electrons. The van der Waals surface area contributed by atoms with Gasteiger partial charge in [-0.1, -0.05) is 41.0 Å². The van der Waals surface area contributed by atoms with E-state index in [0.29, 0.717) is 11.6 Å². The number of carbonyl (C=O) groups excluding carboxylic acids is 1. The van der Waals surface area contributed by atoms with Crippen LogP contribution in [-0.4, -0.2) is 45.0 Å². The number of amides is 1. The normalized spacial score (nSPS) is 14.3. The van der Waals surface area contributed by atoms with Crippen LogP contribution >= 0.6 is 11.6 Å². The van der Waals surface area contributed by atoms with Crippen LogP contribution in [0.25, 0.3) is 0 Å². The van der Waals surface area contributed by atoms with Crippen molar-refractivity contribution in [1.82, 2.24) is 5.32 Å². The number of benzene rings is 2. The van der Waals surface area contributed by atoms with Gasteiger partial charge in [0.1, 0.15) is 0 Å². The van der Waals surface area contributed by atoms with E-state index < -0.39 is 0 Å². The van der Waals surface area contributed by atoms with E-state index in [2.05, 4.69) is 15.4 Å². The fourth-order valence-electron chi connectivity index (χ4n) is 2.69. The maximum atomic E-state index is 11.8. The molecule has 1 aliphatic rings. The van der Waals surface area contributed by atoms with Crippen LogP contribution in [0, 0.1) is 0 Å². The van der Waals surface area contributed by atoms with Crippen LogP contribution in [0.5, 0.6) is 0 Å². The predicted molar refractivity (Wildman–Crippen MR) is 106 cm³/mol. The van der Waals surface area contributed by atoms with Crippen LogP contribution in [0.3, 0.4) is 0 Å². The highest BCUT2D eigenvalue weighted by molar-refractivity contribution is 6.30. The predicted octanol–water partition coefficient (Wildman–Crippen LogP) is 2.84. The van der Waals surface area contributed by atoms with Gasteiger partial charge >= 0.3 is 0 Å². The summed E-state index contributed by atoms with van der Waals surface area (Å²) in [7, 11) is 0. The number of hydrogen-bond donors (Lipinski definition) is 1. The molecule has 1 aliphatic heterocycles. The second kappa shape index (κ2) is 9.94. The summed E-state index contributed by atoms with van der Waals surface area (Å²) in [6.07, 6.45) is 1.59. The highest BCUT2D eigenvalue weighted by atomic mass is 35.5. The zero-order chi connectivity index (χ0) is 18.9. The minimum atomic E-state index is -0.241. The van der Waals surface area contributed by atoms with Gasteiger partial charge in [-0.2, -0.15) is 0 Å². The molecule has 1 amide bonds. The zero-order valence-electron chi connectivity index (χ0n) is 14.9. The topological polar surface area (TPSA) is 63.2 Å². The average molecular weight is 388 g/mol. The van der Waals surface area contributed by atoms with Crippen molar-refractivity contribution in [2.24, 2.45) is 5.16 Å². The molecule has 1 fully saturated rings. The molecule has 0 saturated carbocycles. The van der Waals surface area contributed by atoms with Gasteiger partial charge in [0.05, 0.1) is 19.4 Å². The van der Waals surface area contributed by atoms with Crippen LogP contribution in [-0.2, 0) is 20.9 Å². The third-order valence-corrected chi connectivity index (χ3v) is 4.36. The largest absolute Gasteiger partial charge is 0.386 e. The molecular formula is C20H22ClN3O3. The fraction of sp³-hybridized carbons (Fsp3) is 0.300. The van der Waals surface area contributed by atoms with Crippen molar-refractivity contribution in [3.8, 4) is 0 Å². The Hall–Kier alpha value is -2.57. The maximum absolute atomic E-state index is 11.8. The lowest BCUT2D eigenvalue weighted by molar-refractivity contribution is -0.125. The first kappa shape index (κ1) is 19.2. The van der Waals surface area contributed by atoms with Crippen molar-refractivity contribution >= 4 is 29.4 Å². The number of ether oxygens (including phenoxy) is 1. The van der Waals surface area contributed by atoms with E-state index in [1.165, 1.54) is 0 Å². The van der Waals surface area contributed by atoms with E-state index in [1.54, 1.807) is 18.3 Å². The van der Waals surface area contributed by atoms with E-state index in [-0.39, 0.29) is 12.5 Å². The Balaban J connectivity index is 1.39. The Morgan fingerprint density at radius 1 is 1.22 bits per heavy atom. The summed E-state index contributed by atoms with van der Waals surface area (Å²) in [5.74, 6) is -0.241. The molecule has 0 aromatic heterocycles. The van der Waals surface area contributed by atoms with E-state index >= 15 is 0 Å². The molecule has 6 nitrogen and oxygen atoms in total. The minimum absolute atomic E-state index is 0.136. The number of halogens is 1. The second-order valence-corrected chi connectivity index (χ2v) is 6.54. The standard InChI is InChI=1S/C20H22ClN3O3/c21-18-3-1-2-17(12-18)13-22-20(25)15-27-23-14-16-4-6-19(7-5-16)24-8-10-26-11-9-24/h1-7,12,14H,8-11,13,15H2,(H,22,25). The number of hydrogen-bond acceptors (Lipinski definition) is 5. The van der Waals surface area contributed by atoms with Crippen molar-refractivity contribution < 1.29 is 14.4 Å². The lowest BCUT2D eigenvalue weighted by atomic mass is 10.2. The third kappa shape index (κ3) is 6.27. The Morgan fingerprint density at radius 3 is 2.74 bits per heavy atom. The van der Waals surface area contributed by atoms with E-state index in [4.69, 9.17) is 21.2 Å². The zero-order valence-corrected chi connectivity index (χ0v) is 15.7. The Bertz CT molecular complexity index is 774. The van der Waals surface area contributed by atoms with Gasteiger partial charge in [-0.15, -0.1) is 0 Å². The first-order valence-electron chi connectivity index (χ1n) is 8.80. The van der Waals surface area contributed by atoms with Crippen molar-refractivity contribution in [2.75, 3.05) is 37.8 Å². The molecule has 0 unspecified atom stereocenters. The van der Waals surface area contributed by atoms with Gasteiger partial charge in [0.15, 0.2) is 6.61 Å². The SMILES string of the molecule is O=C(CON=Cc1ccc(N2CCOCC2)cc1)NCc1cccc(Cl)c1. The molecule has 2 aromatic rings. The van der Waals surface area contributed by atoms with Crippen molar-refractivity contribution in [1.29, 1.82) is 0 Å². The van der Waals surface area contributed by atoms with Crippen LogP contribution in [0.4, 0.5) is 5.69 Å². The van der Waals surface area contributed by atoms with E-state index in [9.17, 15) is 4.79 Å². The number of nitrogens with one attached hydrogen (secondary N) is 1. The number of morpholine rings is 1. The van der Waals surface area contributed by atoms with Crippen molar-refractivity contribution in [3.05, 3.63) is 64.7 Å². The molecule has 1 saturated heterocycles. The average Bonchev–Trinajstić information content (AvgIpc) is 2.71. The van der Waals surface area contributed by atoms with Gasteiger partial charge < -0.3 is 19.8 Å². The molecule has 1 N–H and O–H groups in total. The van der Waals surface area contributed by atoms with Gasteiger partial charge in [-0.25, -0.2) is 0 Å². The first-order valence-corrected chi connectivity index (χ1v) is 9.18. The maximum Gasteiger partial charge on any atom is 0.261 e. The summed E-state index contributed by atoms with van der Waals surface area (Å²) in [6, 6.07) is 15.4. The summed E-state index contributed by atoms with van der Waals surface area (Å²) in [6.45, 7) is 3.59. The molecule has 1 heterocycles. The van der Waals surface area contributed by atoms with E-state index in [1.807, 2.05) is 36.4 Å². The number of oxime groups is 1. The lowest BCUT2D eigenvalue weighted by Gasteiger charge is -2.28. The number of rotatable bonds is 7. The molecule has 27 heavy (non-hydrogen) atoms. The lowest BCUT2D eigenvalue weighted by Crippen LogP contribution is -2.36. The second-order valence-electron chi connectivity index (χ2n) is 6.11. The van der Waals surface area contributed by atoms with Gasteiger partial charge in [0.2, 0.25) is 0 Å². The van der Waals surface area contributed by atoms with Gasteiger partial charge in [0, 0.05) is 30.3 Å². The molecule has 0 spiro atoms. The summed E-state index contributed by atoms with van der Waals surface area (Å²) >= 11 is 5.91. The molecule has 3 rings (SSSR count). The number of anilines is 1. The summed E-state index contributed by atoms with van der Waals surface area (Å²) in [5.41, 5.74) is 3.00. The van der Waals surface area contributed by atoms with Crippen LogP contribution in [0.2, 0.25) is 5.02 Å². The molecule has 0 bridgehead atoms. The van der Waals surface area contributed by atoms with Gasteiger partial charge in [-0.3, -0.25) is 4.79 Å². The van der Waals surface area contributed by atoms with Crippen LogP contribution in [0.15, 0.2) is 53.7 Å². The smallest absolute Gasteiger partial charge is 0.261 e. The van der Waals surface area contributed by atoms with Crippen LogP contribution < -0.4 is 10.2 Å². The molecule has 0 aliphatic carbocycles. The van der Waals surface area contributed by atoms with Crippen LogP contribution in [0.1, 0.15) is 11.1 Å². The van der Waals surface area contributed by atoms with Crippen molar-refractivity contribution in [3.63, 3.8) is 0 Å². The van der Waals surface area contributed by atoms with Gasteiger partial charge in [0.25, 0.3) is 5.91 Å². The summed E-state index contributed by atoms with van der Waals surface area (Å²) < 4.78 is 5.36. The number of carbonyl (C=O) groups is 1. The Kier molecular flexibility index (Phi) is 7.07. The summed E-state index contributed by atoms with van der Waals surface area (Å²) in [5, 5.41) is 7.25. The Morgan fingerprint density at radius 2 is 2.00 bits per heavy atom. The molecule has 0 radical (unpaired) electrons. The van der Waals surface area contributed by atoms with Gasteiger partial charge in [-0.05, 0) is 35.4 Å². The molecule has 7 heteroatoms. The van der Waals surface area contributed by atoms with E-state index in [0.717, 1.165) is 43.1 Å². The molecule has 0 atom stereocenters. The Labute approximate surface area is 163 Å². The quantitative estimate of drug-likeness (QED) is 0.586. The number of nitrogens with zero attached hydrogens (tertiary/aromatic N) is 2. The molecule has 2 aromatic carbocycles. The molecular weight excluding hydrogens is 366 g/mol. The first-order chi connectivity index (χ1) is 13.2. The third-order valence-electron chi connectivity index (χ3n) is 4.12. The highest BCUT2D eigenvalue weighted by Crippen LogP contribution is 2.16.